The van der Waals surface area contributed by atoms with E-state index in [1.165, 1.54) is 38.5 Å². The maximum Gasteiger partial charge on any atom is 0.0859 e. The van der Waals surface area contributed by atoms with Gasteiger partial charge in [-0.3, -0.25) is 0 Å². The Kier molecular flexibility index (Phi) is 6.37. The summed E-state index contributed by atoms with van der Waals surface area (Å²) in [5, 5.41) is 10.4. The fourth-order valence-corrected chi connectivity index (χ4v) is 2.80. The number of aliphatic hydroxyl groups excluding tert-OH is 1. The van der Waals surface area contributed by atoms with Gasteiger partial charge >= 0.3 is 0 Å². The average molecular weight is 228 g/mol. The molecule has 0 aromatic rings. The molecular weight excluding hydrogens is 200 g/mol. The van der Waals surface area contributed by atoms with E-state index in [-0.39, 0.29) is 12.2 Å². The number of ether oxygens (including phenoxy) is 1. The molecule has 0 aromatic carbocycles. The predicted octanol–water partition coefficient (Wildman–Crippen LogP) is 3.38. The van der Waals surface area contributed by atoms with Gasteiger partial charge in [-0.15, -0.1) is 0 Å². The fraction of sp³-hybridized carbons (Fsp3) is 1.00. The Morgan fingerprint density at radius 1 is 1.12 bits per heavy atom. The lowest BCUT2D eigenvalue weighted by Gasteiger charge is -2.31. The van der Waals surface area contributed by atoms with Crippen molar-refractivity contribution in [2.24, 2.45) is 11.8 Å². The quantitative estimate of drug-likeness (QED) is 0.731. The van der Waals surface area contributed by atoms with Crippen molar-refractivity contribution in [2.75, 3.05) is 6.61 Å². The molecule has 0 aliphatic heterocycles. The van der Waals surface area contributed by atoms with Gasteiger partial charge in [-0.2, -0.15) is 0 Å². The zero-order chi connectivity index (χ0) is 12.0. The van der Waals surface area contributed by atoms with Crippen LogP contribution in [0.1, 0.15) is 59.3 Å². The van der Waals surface area contributed by atoms with Crippen molar-refractivity contribution in [3.63, 3.8) is 0 Å². The van der Waals surface area contributed by atoms with Crippen LogP contribution in [0.2, 0.25) is 0 Å². The lowest BCUT2D eigenvalue weighted by Crippen LogP contribution is -2.39. The van der Waals surface area contributed by atoms with Crippen LogP contribution in [0.5, 0.6) is 0 Å². The smallest absolute Gasteiger partial charge is 0.0859 e. The normalized spacial score (nSPS) is 23.1. The molecule has 0 heterocycles. The molecule has 1 fully saturated rings. The van der Waals surface area contributed by atoms with Crippen molar-refractivity contribution in [1.29, 1.82) is 0 Å². The van der Waals surface area contributed by atoms with E-state index in [1.807, 2.05) is 6.92 Å². The van der Waals surface area contributed by atoms with Crippen molar-refractivity contribution in [3.8, 4) is 0 Å². The second-order valence-electron chi connectivity index (χ2n) is 5.41. The summed E-state index contributed by atoms with van der Waals surface area (Å²) in [6.45, 7) is 6.99. The molecule has 2 unspecified atom stereocenters. The van der Waals surface area contributed by atoms with E-state index in [4.69, 9.17) is 4.74 Å². The maximum atomic E-state index is 10.4. The maximum absolute atomic E-state index is 10.4. The molecule has 1 N–H and O–H groups in total. The van der Waals surface area contributed by atoms with Crippen LogP contribution >= 0.6 is 0 Å². The van der Waals surface area contributed by atoms with E-state index in [9.17, 15) is 5.11 Å². The summed E-state index contributed by atoms with van der Waals surface area (Å²) in [4.78, 5) is 0. The van der Waals surface area contributed by atoms with Crippen molar-refractivity contribution < 1.29 is 9.84 Å². The molecule has 1 rings (SSSR count). The number of hydrogen-bond acceptors (Lipinski definition) is 2. The van der Waals surface area contributed by atoms with E-state index in [2.05, 4.69) is 13.8 Å². The van der Waals surface area contributed by atoms with Gasteiger partial charge in [0.1, 0.15) is 0 Å². The molecule has 0 bridgehead atoms. The summed E-state index contributed by atoms with van der Waals surface area (Å²) in [5.74, 6) is 0.861. The first-order chi connectivity index (χ1) is 7.66. The topological polar surface area (TPSA) is 29.5 Å². The third-order valence-electron chi connectivity index (χ3n) is 3.74. The Morgan fingerprint density at radius 2 is 1.69 bits per heavy atom. The fourth-order valence-electron chi connectivity index (χ4n) is 2.80. The molecule has 0 amide bonds. The van der Waals surface area contributed by atoms with Gasteiger partial charge in [0.2, 0.25) is 0 Å². The standard InChI is InChI=1S/C14H28O2/c1-4-16-14(11(2)3)13(15)12-9-7-5-6-8-10-12/h11-15H,4-10H2,1-3H3. The highest BCUT2D eigenvalue weighted by molar-refractivity contribution is 4.80. The van der Waals surface area contributed by atoms with Gasteiger partial charge in [-0.05, 0) is 31.6 Å². The van der Waals surface area contributed by atoms with Gasteiger partial charge in [0.25, 0.3) is 0 Å². The summed E-state index contributed by atoms with van der Waals surface area (Å²) in [6, 6.07) is 0. The highest BCUT2D eigenvalue weighted by atomic mass is 16.5. The van der Waals surface area contributed by atoms with Gasteiger partial charge in [0, 0.05) is 6.61 Å². The number of aliphatic hydroxyl groups is 1. The summed E-state index contributed by atoms with van der Waals surface area (Å²) in [7, 11) is 0. The summed E-state index contributed by atoms with van der Waals surface area (Å²) in [5.41, 5.74) is 0. The zero-order valence-corrected chi connectivity index (χ0v) is 11.1. The third-order valence-corrected chi connectivity index (χ3v) is 3.74. The van der Waals surface area contributed by atoms with Gasteiger partial charge in [0.05, 0.1) is 12.2 Å². The zero-order valence-electron chi connectivity index (χ0n) is 11.1. The van der Waals surface area contributed by atoms with E-state index < -0.39 is 0 Å². The molecule has 0 spiro atoms. The molecule has 1 saturated carbocycles. The highest BCUT2D eigenvalue weighted by Gasteiger charge is 2.30. The van der Waals surface area contributed by atoms with Gasteiger partial charge in [-0.1, -0.05) is 39.5 Å². The van der Waals surface area contributed by atoms with E-state index in [1.54, 1.807) is 0 Å². The summed E-state index contributed by atoms with van der Waals surface area (Å²) in [6.07, 6.45) is 7.34. The first kappa shape index (κ1) is 14.0. The van der Waals surface area contributed by atoms with Crippen LogP contribution < -0.4 is 0 Å². The van der Waals surface area contributed by atoms with Crippen LogP contribution in [0.3, 0.4) is 0 Å². The minimum atomic E-state index is -0.266. The molecule has 0 radical (unpaired) electrons. The Bertz CT molecular complexity index is 172. The molecule has 2 heteroatoms. The Labute approximate surface area is 100 Å². The lowest BCUT2D eigenvalue weighted by molar-refractivity contribution is -0.0822. The predicted molar refractivity (Wildman–Crippen MR) is 67.5 cm³/mol. The third kappa shape index (κ3) is 4.06. The van der Waals surface area contributed by atoms with Crippen LogP contribution in [0.25, 0.3) is 0 Å². The lowest BCUT2D eigenvalue weighted by atomic mass is 9.86. The molecule has 2 nitrogen and oxygen atoms in total. The molecule has 2 atom stereocenters. The van der Waals surface area contributed by atoms with Crippen LogP contribution in [0.15, 0.2) is 0 Å². The SMILES string of the molecule is CCOC(C(C)C)C(O)C1CCCCCC1. The highest BCUT2D eigenvalue weighted by Crippen LogP contribution is 2.29. The van der Waals surface area contributed by atoms with Crippen molar-refractivity contribution in [3.05, 3.63) is 0 Å². The molecule has 1 aliphatic carbocycles. The average Bonchev–Trinajstić information content (AvgIpc) is 2.53. The van der Waals surface area contributed by atoms with Crippen LogP contribution in [0, 0.1) is 11.8 Å². The van der Waals surface area contributed by atoms with E-state index in [0.717, 1.165) is 0 Å². The molecule has 96 valence electrons. The van der Waals surface area contributed by atoms with E-state index in [0.29, 0.717) is 18.4 Å². The van der Waals surface area contributed by atoms with Gasteiger partial charge in [-0.25, -0.2) is 0 Å². The second-order valence-corrected chi connectivity index (χ2v) is 5.41. The second kappa shape index (κ2) is 7.29. The van der Waals surface area contributed by atoms with Crippen LogP contribution in [0.4, 0.5) is 0 Å². The van der Waals surface area contributed by atoms with Crippen LogP contribution in [-0.4, -0.2) is 23.9 Å². The number of hydrogen-bond donors (Lipinski definition) is 1. The van der Waals surface area contributed by atoms with Gasteiger partial charge < -0.3 is 9.84 Å². The Hall–Kier alpha value is -0.0800. The summed E-state index contributed by atoms with van der Waals surface area (Å²) >= 11 is 0. The summed E-state index contributed by atoms with van der Waals surface area (Å²) < 4.78 is 5.71. The largest absolute Gasteiger partial charge is 0.390 e. The number of rotatable bonds is 5. The van der Waals surface area contributed by atoms with Crippen LogP contribution in [-0.2, 0) is 4.74 Å². The minimum Gasteiger partial charge on any atom is -0.390 e. The van der Waals surface area contributed by atoms with Gasteiger partial charge in [0.15, 0.2) is 0 Å². The van der Waals surface area contributed by atoms with E-state index >= 15 is 0 Å². The monoisotopic (exact) mass is 228 g/mol. The molecule has 16 heavy (non-hydrogen) atoms. The molecule has 0 aromatic heterocycles. The van der Waals surface area contributed by atoms with Crippen molar-refractivity contribution in [2.45, 2.75) is 71.5 Å². The van der Waals surface area contributed by atoms with Crippen molar-refractivity contribution >= 4 is 0 Å². The molecular formula is C14H28O2. The first-order valence-electron chi connectivity index (χ1n) is 6.96. The Morgan fingerprint density at radius 3 is 2.12 bits per heavy atom. The molecule has 1 aliphatic rings. The molecule has 0 saturated heterocycles. The Balaban J connectivity index is 2.53. The van der Waals surface area contributed by atoms with Crippen molar-refractivity contribution in [1.82, 2.24) is 0 Å². The first-order valence-corrected chi connectivity index (χ1v) is 6.96. The minimum absolute atomic E-state index is 0.0214.